The fraction of sp³-hybridized carbons (Fsp3) is 0.423. The summed E-state index contributed by atoms with van der Waals surface area (Å²) in [6.45, 7) is 3.44. The lowest BCUT2D eigenvalue weighted by Crippen LogP contribution is -2.32. The highest BCUT2D eigenvalue weighted by molar-refractivity contribution is 5.93. The molecule has 2 aliphatic rings. The van der Waals surface area contributed by atoms with E-state index in [1.54, 1.807) is 13.1 Å². The van der Waals surface area contributed by atoms with Crippen LogP contribution in [-0.4, -0.2) is 56.7 Å². The van der Waals surface area contributed by atoms with Crippen LogP contribution in [0.15, 0.2) is 30.5 Å². The maximum Gasteiger partial charge on any atom is 0.332 e. The zero-order valence-electron chi connectivity index (χ0n) is 19.5. The summed E-state index contributed by atoms with van der Waals surface area (Å²) in [6, 6.07) is 7.27. The molecular formula is C26H27FN4O4. The standard InChI is InChI=1S/C26H27FN4O4/c1-14-10-18(3-4-19(14)27)31-20-11-17-12-28-30-25(17)29-23(20)22(24(31)15-6-8-34-9-7-15)16-2-5-21(26(32)33)35-13-16/h3-4,10-12,15-16,21H,2,5-9,13H2,1H3,(H,32,33)(H,28,29,30)/t16-,21?/m1/s1. The van der Waals surface area contributed by atoms with E-state index in [1.807, 2.05) is 12.1 Å². The van der Waals surface area contributed by atoms with Gasteiger partial charge in [0.15, 0.2) is 11.8 Å². The van der Waals surface area contributed by atoms with Crippen molar-refractivity contribution in [2.45, 2.75) is 50.5 Å². The number of aryl methyl sites for hydroxylation is 1. The summed E-state index contributed by atoms with van der Waals surface area (Å²) in [7, 11) is 0. The number of nitrogens with zero attached hydrogens (tertiary/aromatic N) is 3. The van der Waals surface area contributed by atoms with Crippen LogP contribution in [0.3, 0.4) is 0 Å². The number of aliphatic carboxylic acids is 1. The lowest BCUT2D eigenvalue weighted by molar-refractivity contribution is -0.153. The molecule has 3 aromatic heterocycles. The van der Waals surface area contributed by atoms with Crippen molar-refractivity contribution in [2.24, 2.45) is 0 Å². The Morgan fingerprint density at radius 1 is 1.17 bits per heavy atom. The predicted octanol–water partition coefficient (Wildman–Crippen LogP) is 4.59. The van der Waals surface area contributed by atoms with E-state index in [1.165, 1.54) is 6.07 Å². The van der Waals surface area contributed by atoms with Crippen LogP contribution in [0, 0.1) is 12.7 Å². The molecule has 0 aliphatic carbocycles. The van der Waals surface area contributed by atoms with E-state index >= 15 is 0 Å². The molecule has 2 aliphatic heterocycles. The number of pyridine rings is 1. The largest absolute Gasteiger partial charge is 0.479 e. The molecule has 2 N–H and O–H groups in total. The Balaban J connectivity index is 1.62. The van der Waals surface area contributed by atoms with Crippen LogP contribution in [0.25, 0.3) is 27.8 Å². The number of aromatic amines is 1. The summed E-state index contributed by atoms with van der Waals surface area (Å²) in [5.41, 5.74) is 6.18. The normalized spacial score (nSPS) is 21.7. The van der Waals surface area contributed by atoms with Crippen molar-refractivity contribution in [2.75, 3.05) is 19.8 Å². The number of ether oxygens (including phenoxy) is 2. The molecular weight excluding hydrogens is 451 g/mol. The summed E-state index contributed by atoms with van der Waals surface area (Å²) >= 11 is 0. The average Bonchev–Trinajstić information content (AvgIpc) is 3.46. The molecule has 5 heterocycles. The van der Waals surface area contributed by atoms with E-state index in [4.69, 9.17) is 14.5 Å². The Hall–Kier alpha value is -3.30. The van der Waals surface area contributed by atoms with Crippen molar-refractivity contribution in [1.82, 2.24) is 19.7 Å². The monoisotopic (exact) mass is 478 g/mol. The number of halogens is 1. The first-order valence-electron chi connectivity index (χ1n) is 12.1. The molecule has 1 unspecified atom stereocenters. The fourth-order valence-electron chi connectivity index (χ4n) is 5.60. The minimum Gasteiger partial charge on any atom is -0.479 e. The summed E-state index contributed by atoms with van der Waals surface area (Å²) < 4.78 is 27.9. The second-order valence-electron chi connectivity index (χ2n) is 9.55. The third kappa shape index (κ3) is 3.79. The maximum atomic E-state index is 14.2. The van der Waals surface area contributed by atoms with Crippen LogP contribution in [0.1, 0.15) is 54.3 Å². The Morgan fingerprint density at radius 3 is 2.71 bits per heavy atom. The van der Waals surface area contributed by atoms with E-state index in [0.29, 0.717) is 43.9 Å². The van der Waals surface area contributed by atoms with Crippen LogP contribution in [0.4, 0.5) is 4.39 Å². The van der Waals surface area contributed by atoms with Gasteiger partial charge in [-0.05, 0) is 62.4 Å². The molecule has 9 heteroatoms. The maximum absolute atomic E-state index is 14.2. The Morgan fingerprint density at radius 2 is 2.00 bits per heavy atom. The number of carboxylic acid groups (broad SMARTS) is 1. The number of carboxylic acids is 1. The molecule has 0 saturated carbocycles. The van der Waals surface area contributed by atoms with Crippen molar-refractivity contribution < 1.29 is 23.8 Å². The number of aromatic nitrogens is 4. The number of hydrogen-bond donors (Lipinski definition) is 2. The molecule has 2 fully saturated rings. The minimum absolute atomic E-state index is 0.00149. The van der Waals surface area contributed by atoms with Gasteiger partial charge in [0.1, 0.15) is 5.82 Å². The van der Waals surface area contributed by atoms with Crippen LogP contribution in [0.2, 0.25) is 0 Å². The molecule has 0 radical (unpaired) electrons. The second kappa shape index (κ2) is 8.73. The topological polar surface area (TPSA) is 102 Å². The van der Waals surface area contributed by atoms with Crippen molar-refractivity contribution in [3.05, 3.63) is 53.1 Å². The highest BCUT2D eigenvalue weighted by atomic mass is 19.1. The van der Waals surface area contributed by atoms with Crippen molar-refractivity contribution in [1.29, 1.82) is 0 Å². The zero-order chi connectivity index (χ0) is 24.1. The molecule has 1 aromatic carbocycles. The van der Waals surface area contributed by atoms with Crippen molar-refractivity contribution in [3.63, 3.8) is 0 Å². The Labute approximate surface area is 201 Å². The molecule has 6 rings (SSSR count). The number of carbonyl (C=O) groups is 1. The van der Waals surface area contributed by atoms with Gasteiger partial charge in [-0.15, -0.1) is 0 Å². The third-order valence-electron chi connectivity index (χ3n) is 7.39. The summed E-state index contributed by atoms with van der Waals surface area (Å²) in [5, 5.41) is 17.5. The van der Waals surface area contributed by atoms with Crippen molar-refractivity contribution >= 4 is 28.0 Å². The second-order valence-corrected chi connectivity index (χ2v) is 9.55. The fourth-order valence-corrected chi connectivity index (χ4v) is 5.60. The van der Waals surface area contributed by atoms with Gasteiger partial charge in [0.2, 0.25) is 0 Å². The van der Waals surface area contributed by atoms with Gasteiger partial charge in [-0.2, -0.15) is 5.10 Å². The van der Waals surface area contributed by atoms with Crippen LogP contribution >= 0.6 is 0 Å². The lowest BCUT2D eigenvalue weighted by Gasteiger charge is -2.30. The smallest absolute Gasteiger partial charge is 0.332 e. The minimum atomic E-state index is -0.922. The first-order chi connectivity index (χ1) is 17.0. The molecule has 0 spiro atoms. The van der Waals surface area contributed by atoms with E-state index in [9.17, 15) is 14.3 Å². The summed E-state index contributed by atoms with van der Waals surface area (Å²) in [6.07, 6.45) is 3.85. The van der Waals surface area contributed by atoms with Gasteiger partial charge < -0.3 is 19.1 Å². The number of hydrogen-bond acceptors (Lipinski definition) is 5. The predicted molar refractivity (Wildman–Crippen MR) is 128 cm³/mol. The highest BCUT2D eigenvalue weighted by Crippen LogP contribution is 2.44. The van der Waals surface area contributed by atoms with Gasteiger partial charge in [0.25, 0.3) is 0 Å². The molecule has 2 atom stereocenters. The summed E-state index contributed by atoms with van der Waals surface area (Å²) in [4.78, 5) is 16.5. The number of rotatable bonds is 4. The Kier molecular flexibility index (Phi) is 5.53. The molecule has 0 bridgehead atoms. The number of fused-ring (bicyclic) bond motifs is 2. The van der Waals surface area contributed by atoms with E-state index < -0.39 is 12.1 Å². The Bertz CT molecular complexity index is 1410. The van der Waals surface area contributed by atoms with Gasteiger partial charge in [-0.3, -0.25) is 5.10 Å². The van der Waals surface area contributed by atoms with Gasteiger partial charge >= 0.3 is 5.97 Å². The van der Waals surface area contributed by atoms with E-state index in [0.717, 1.165) is 46.2 Å². The zero-order valence-corrected chi connectivity index (χ0v) is 19.5. The quantitative estimate of drug-likeness (QED) is 0.445. The number of nitrogens with one attached hydrogen (secondary N) is 1. The number of benzene rings is 1. The lowest BCUT2D eigenvalue weighted by atomic mass is 9.85. The molecule has 4 aromatic rings. The molecule has 35 heavy (non-hydrogen) atoms. The highest BCUT2D eigenvalue weighted by Gasteiger charge is 2.35. The first kappa shape index (κ1) is 22.2. The van der Waals surface area contributed by atoms with Crippen LogP contribution in [-0.2, 0) is 14.3 Å². The third-order valence-corrected chi connectivity index (χ3v) is 7.39. The van der Waals surface area contributed by atoms with Gasteiger partial charge in [-0.25, -0.2) is 14.2 Å². The average molecular weight is 479 g/mol. The van der Waals surface area contributed by atoms with Crippen LogP contribution in [0.5, 0.6) is 0 Å². The summed E-state index contributed by atoms with van der Waals surface area (Å²) in [5.74, 6) is -0.933. The van der Waals surface area contributed by atoms with Crippen LogP contribution < -0.4 is 0 Å². The van der Waals surface area contributed by atoms with Gasteiger partial charge in [0.05, 0.1) is 23.8 Å². The van der Waals surface area contributed by atoms with E-state index in [2.05, 4.69) is 20.8 Å². The molecule has 182 valence electrons. The molecule has 0 amide bonds. The van der Waals surface area contributed by atoms with Crippen molar-refractivity contribution in [3.8, 4) is 5.69 Å². The number of H-pyrrole nitrogens is 1. The molecule has 2 saturated heterocycles. The van der Waals surface area contributed by atoms with Gasteiger partial charge in [-0.1, -0.05) is 0 Å². The SMILES string of the molecule is Cc1cc(-n2c(C3CCOCC3)c([C@@H]3CCC(C(=O)O)OC3)c3nc4[nH]ncc4cc32)ccc1F. The first-order valence-corrected chi connectivity index (χ1v) is 12.1. The van der Waals surface area contributed by atoms with Gasteiger partial charge in [0, 0.05) is 47.4 Å². The van der Waals surface area contributed by atoms with E-state index in [-0.39, 0.29) is 17.7 Å². The molecule has 8 nitrogen and oxygen atoms in total.